The van der Waals surface area contributed by atoms with Crippen LogP contribution in [0.15, 0.2) is 35.1 Å². The molecule has 1 saturated carbocycles. The van der Waals surface area contributed by atoms with Crippen molar-refractivity contribution in [1.82, 2.24) is 14.7 Å². The van der Waals surface area contributed by atoms with E-state index in [1.165, 1.54) is 0 Å². The number of hydrogen-bond donors (Lipinski definition) is 0. The maximum Gasteiger partial charge on any atom is 0.417 e. The SMILES string of the molecule is CC(C)Cc1cc(N2CC3(CCCC(C)(Cn4cnc5ccc(C#N)cc54)C3)OC2=O)on1. The Kier molecular flexibility index (Phi) is 5.15. The van der Waals surface area contributed by atoms with Gasteiger partial charge < -0.3 is 13.8 Å². The number of hydrogen-bond acceptors (Lipinski definition) is 6. The van der Waals surface area contributed by atoms with Gasteiger partial charge in [-0.15, -0.1) is 0 Å². The van der Waals surface area contributed by atoms with Crippen LogP contribution in [-0.4, -0.2) is 32.9 Å². The Balaban J connectivity index is 1.35. The topological polar surface area (TPSA) is 97.2 Å². The summed E-state index contributed by atoms with van der Waals surface area (Å²) in [5.74, 6) is 0.923. The largest absolute Gasteiger partial charge is 0.441 e. The smallest absolute Gasteiger partial charge is 0.417 e. The molecule has 2 aliphatic rings. The normalized spacial score (nSPS) is 25.2. The molecule has 1 aromatic carbocycles. The van der Waals surface area contributed by atoms with Gasteiger partial charge in [-0.05, 0) is 61.6 Å². The molecule has 1 aliphatic carbocycles. The number of rotatable bonds is 5. The zero-order valence-electron chi connectivity index (χ0n) is 19.4. The zero-order chi connectivity index (χ0) is 23.2. The quantitative estimate of drug-likeness (QED) is 0.542. The molecule has 2 aromatic heterocycles. The fourth-order valence-electron chi connectivity index (χ4n) is 5.55. The van der Waals surface area contributed by atoms with Gasteiger partial charge in [-0.2, -0.15) is 5.26 Å². The van der Waals surface area contributed by atoms with Crippen LogP contribution in [0.5, 0.6) is 0 Å². The van der Waals surface area contributed by atoms with Gasteiger partial charge in [0.25, 0.3) is 0 Å². The van der Waals surface area contributed by atoms with Gasteiger partial charge in [-0.25, -0.2) is 14.7 Å². The number of benzene rings is 1. The number of amides is 1. The van der Waals surface area contributed by atoms with E-state index >= 15 is 0 Å². The molecule has 3 heterocycles. The molecule has 8 heteroatoms. The minimum atomic E-state index is -0.538. The van der Waals surface area contributed by atoms with Crippen LogP contribution >= 0.6 is 0 Å². The number of imidazole rings is 1. The first-order valence-corrected chi connectivity index (χ1v) is 11.6. The van der Waals surface area contributed by atoms with E-state index in [0.717, 1.165) is 55.4 Å². The lowest BCUT2D eigenvalue weighted by atomic mass is 9.68. The first-order valence-electron chi connectivity index (χ1n) is 11.6. The summed E-state index contributed by atoms with van der Waals surface area (Å²) in [4.78, 5) is 18.9. The van der Waals surface area contributed by atoms with E-state index < -0.39 is 5.60 Å². The van der Waals surface area contributed by atoms with Gasteiger partial charge in [0.05, 0.1) is 41.2 Å². The minimum absolute atomic E-state index is 0.0744. The lowest BCUT2D eigenvalue weighted by Crippen LogP contribution is -2.45. The van der Waals surface area contributed by atoms with Gasteiger partial charge in [-0.1, -0.05) is 25.9 Å². The summed E-state index contributed by atoms with van der Waals surface area (Å²) in [5.41, 5.74) is 2.70. The van der Waals surface area contributed by atoms with Gasteiger partial charge in [-0.3, -0.25) is 0 Å². The molecular formula is C25H29N5O3. The van der Waals surface area contributed by atoms with E-state index in [1.807, 2.05) is 24.5 Å². The predicted molar refractivity (Wildman–Crippen MR) is 123 cm³/mol. The monoisotopic (exact) mass is 447 g/mol. The number of carbonyl (C=O) groups is 1. The Morgan fingerprint density at radius 3 is 2.91 bits per heavy atom. The number of anilines is 1. The Hall–Kier alpha value is -3.34. The molecule has 2 unspecified atom stereocenters. The van der Waals surface area contributed by atoms with Crippen LogP contribution in [0.3, 0.4) is 0 Å². The highest BCUT2D eigenvalue weighted by molar-refractivity contribution is 5.88. The van der Waals surface area contributed by atoms with E-state index in [4.69, 9.17) is 9.26 Å². The molecule has 2 atom stereocenters. The maximum atomic E-state index is 12.8. The molecule has 1 amide bonds. The zero-order valence-corrected chi connectivity index (χ0v) is 19.4. The fourth-order valence-corrected chi connectivity index (χ4v) is 5.55. The second-order valence-corrected chi connectivity index (χ2v) is 10.4. The molecule has 0 N–H and O–H groups in total. The molecule has 172 valence electrons. The summed E-state index contributed by atoms with van der Waals surface area (Å²) in [7, 11) is 0. The lowest BCUT2D eigenvalue weighted by molar-refractivity contribution is -0.0264. The minimum Gasteiger partial charge on any atom is -0.441 e. The number of carbonyl (C=O) groups excluding carboxylic acids is 1. The Morgan fingerprint density at radius 1 is 1.27 bits per heavy atom. The van der Waals surface area contributed by atoms with Crippen molar-refractivity contribution in [2.45, 2.75) is 65.0 Å². The molecule has 5 rings (SSSR count). The first kappa shape index (κ1) is 21.5. The third kappa shape index (κ3) is 4.08. The highest BCUT2D eigenvalue weighted by Gasteiger charge is 2.52. The molecule has 3 aromatic rings. The predicted octanol–water partition coefficient (Wildman–Crippen LogP) is 5.07. The van der Waals surface area contributed by atoms with Gasteiger partial charge in [0.15, 0.2) is 0 Å². The van der Waals surface area contributed by atoms with Crippen molar-refractivity contribution < 1.29 is 14.1 Å². The number of nitrogens with zero attached hydrogens (tertiary/aromatic N) is 5. The van der Waals surface area contributed by atoms with Crippen LogP contribution in [0.2, 0.25) is 0 Å². The van der Waals surface area contributed by atoms with Crippen LogP contribution in [0, 0.1) is 22.7 Å². The molecule has 0 bridgehead atoms. The third-order valence-electron chi connectivity index (χ3n) is 6.86. The molecule has 33 heavy (non-hydrogen) atoms. The van der Waals surface area contributed by atoms with Crippen LogP contribution < -0.4 is 4.90 Å². The van der Waals surface area contributed by atoms with Crippen molar-refractivity contribution >= 4 is 23.0 Å². The van der Waals surface area contributed by atoms with Crippen molar-refractivity contribution in [3.05, 3.63) is 41.9 Å². The fraction of sp³-hybridized carbons (Fsp3) is 0.520. The van der Waals surface area contributed by atoms with Crippen LogP contribution in [0.25, 0.3) is 11.0 Å². The standard InChI is InChI=1S/C25H29N5O3/c1-17(2)9-19-11-22(33-28-19)30-15-25(32-23(30)31)8-4-7-24(3,13-25)14-29-16-27-20-6-5-18(12-26)10-21(20)29/h5-6,10-11,16-17H,4,7-9,13-15H2,1-3H3. The highest BCUT2D eigenvalue weighted by Crippen LogP contribution is 2.48. The maximum absolute atomic E-state index is 12.8. The number of aromatic nitrogens is 3. The number of nitriles is 1. The Bertz CT molecular complexity index is 1240. The van der Waals surface area contributed by atoms with E-state index in [0.29, 0.717) is 23.9 Å². The molecule has 2 fully saturated rings. The van der Waals surface area contributed by atoms with Crippen LogP contribution in [-0.2, 0) is 17.7 Å². The first-order chi connectivity index (χ1) is 15.8. The van der Waals surface area contributed by atoms with Gasteiger partial charge in [0.1, 0.15) is 5.60 Å². The summed E-state index contributed by atoms with van der Waals surface area (Å²) in [6, 6.07) is 9.63. The number of ether oxygens (including phenoxy) is 1. The van der Waals surface area contributed by atoms with E-state index in [9.17, 15) is 10.1 Å². The van der Waals surface area contributed by atoms with Gasteiger partial charge >= 0.3 is 6.09 Å². The average molecular weight is 448 g/mol. The second-order valence-electron chi connectivity index (χ2n) is 10.4. The molecular weight excluding hydrogens is 418 g/mol. The summed E-state index contributed by atoms with van der Waals surface area (Å²) in [5, 5.41) is 13.4. The van der Waals surface area contributed by atoms with Gasteiger partial charge in [0, 0.05) is 12.6 Å². The Morgan fingerprint density at radius 2 is 2.12 bits per heavy atom. The highest BCUT2D eigenvalue weighted by atomic mass is 16.6. The number of fused-ring (bicyclic) bond motifs is 1. The van der Waals surface area contributed by atoms with E-state index in [2.05, 4.69) is 41.5 Å². The summed E-state index contributed by atoms with van der Waals surface area (Å²) >= 11 is 0. The average Bonchev–Trinajstić information content (AvgIpc) is 3.45. The second kappa shape index (κ2) is 7.91. The van der Waals surface area contributed by atoms with Crippen LogP contribution in [0.4, 0.5) is 10.7 Å². The summed E-state index contributed by atoms with van der Waals surface area (Å²) in [6.45, 7) is 7.72. The van der Waals surface area contributed by atoms with E-state index in [1.54, 1.807) is 11.0 Å². The van der Waals surface area contributed by atoms with Crippen molar-refractivity contribution in [3.8, 4) is 6.07 Å². The summed E-state index contributed by atoms with van der Waals surface area (Å²) in [6.07, 6.45) is 5.89. The van der Waals surface area contributed by atoms with Crippen molar-refractivity contribution in [3.63, 3.8) is 0 Å². The molecule has 1 aliphatic heterocycles. The molecule has 0 radical (unpaired) electrons. The molecule has 1 spiro atoms. The van der Waals surface area contributed by atoms with Crippen molar-refractivity contribution in [1.29, 1.82) is 5.26 Å². The van der Waals surface area contributed by atoms with E-state index in [-0.39, 0.29) is 11.5 Å². The van der Waals surface area contributed by atoms with Crippen LogP contribution in [0.1, 0.15) is 57.7 Å². The van der Waals surface area contributed by atoms with Gasteiger partial charge in [0.2, 0.25) is 5.88 Å². The van der Waals surface area contributed by atoms with Crippen molar-refractivity contribution in [2.75, 3.05) is 11.4 Å². The molecule has 1 saturated heterocycles. The Labute approximate surface area is 193 Å². The summed E-state index contributed by atoms with van der Waals surface area (Å²) < 4.78 is 13.6. The third-order valence-corrected chi connectivity index (χ3v) is 6.86. The lowest BCUT2D eigenvalue weighted by Gasteiger charge is -2.43. The van der Waals surface area contributed by atoms with Crippen molar-refractivity contribution in [2.24, 2.45) is 11.3 Å². The molecule has 8 nitrogen and oxygen atoms in total.